The number of amides is 2. The average molecular weight is 256 g/mol. The largest absolute Gasteiger partial charge is 0.480 e. The van der Waals surface area contributed by atoms with E-state index in [1.54, 1.807) is 11.3 Å². The highest BCUT2D eigenvalue weighted by molar-refractivity contribution is 7.12. The minimum absolute atomic E-state index is 0.414. The Morgan fingerprint density at radius 1 is 1.47 bits per heavy atom. The molecule has 0 saturated carbocycles. The molecule has 5 nitrogen and oxygen atoms in total. The van der Waals surface area contributed by atoms with Crippen molar-refractivity contribution in [3.8, 4) is 0 Å². The summed E-state index contributed by atoms with van der Waals surface area (Å²) < 4.78 is 0. The molecule has 94 valence electrons. The normalized spacial score (nSPS) is 11.9. The summed E-state index contributed by atoms with van der Waals surface area (Å²) in [5, 5.41) is 13.6. The van der Waals surface area contributed by atoms with Gasteiger partial charge in [0.1, 0.15) is 6.04 Å². The molecule has 0 bridgehead atoms. The van der Waals surface area contributed by atoms with Crippen LogP contribution in [0.25, 0.3) is 0 Å². The Balaban J connectivity index is 2.40. The third-order valence-corrected chi connectivity index (χ3v) is 3.51. The lowest BCUT2D eigenvalue weighted by Crippen LogP contribution is -2.43. The molecule has 0 unspecified atom stereocenters. The van der Waals surface area contributed by atoms with Gasteiger partial charge in [-0.05, 0) is 32.4 Å². The first-order valence-electron chi connectivity index (χ1n) is 5.23. The number of hydrogen-bond donors (Lipinski definition) is 3. The number of aryl methyl sites for hydroxylation is 2. The van der Waals surface area contributed by atoms with E-state index in [0.717, 1.165) is 4.88 Å². The number of thiophene rings is 1. The number of rotatable bonds is 4. The summed E-state index contributed by atoms with van der Waals surface area (Å²) in [5.41, 5.74) is 1.20. The first-order valence-corrected chi connectivity index (χ1v) is 6.05. The molecule has 1 heterocycles. The SMILES string of the molecule is Cc1cc(CNC(=O)N[C@@H](C)C(=O)O)sc1C. The van der Waals surface area contributed by atoms with Crippen LogP contribution in [0.4, 0.5) is 4.79 Å². The smallest absolute Gasteiger partial charge is 0.325 e. The van der Waals surface area contributed by atoms with Gasteiger partial charge in [-0.25, -0.2) is 4.79 Å². The molecule has 0 aliphatic rings. The molecule has 0 spiro atoms. The van der Waals surface area contributed by atoms with Gasteiger partial charge in [0.15, 0.2) is 0 Å². The maximum Gasteiger partial charge on any atom is 0.325 e. The molecule has 0 saturated heterocycles. The van der Waals surface area contributed by atoms with E-state index in [1.807, 2.05) is 19.9 Å². The third-order valence-electron chi connectivity index (χ3n) is 2.36. The van der Waals surface area contributed by atoms with E-state index in [2.05, 4.69) is 10.6 Å². The summed E-state index contributed by atoms with van der Waals surface area (Å²) in [6, 6.07) is 0.659. The van der Waals surface area contributed by atoms with Crippen LogP contribution in [-0.2, 0) is 11.3 Å². The molecule has 0 aliphatic heterocycles. The van der Waals surface area contributed by atoms with Crippen molar-refractivity contribution in [2.24, 2.45) is 0 Å². The van der Waals surface area contributed by atoms with Crippen molar-refractivity contribution >= 4 is 23.3 Å². The van der Waals surface area contributed by atoms with Crippen LogP contribution >= 0.6 is 11.3 Å². The minimum atomic E-state index is -1.05. The topological polar surface area (TPSA) is 78.4 Å². The summed E-state index contributed by atoms with van der Waals surface area (Å²) in [6.45, 7) is 5.87. The fraction of sp³-hybridized carbons (Fsp3) is 0.455. The zero-order valence-electron chi connectivity index (χ0n) is 10.0. The molecule has 0 aromatic carbocycles. The number of carboxylic acid groups (broad SMARTS) is 1. The van der Waals surface area contributed by atoms with Gasteiger partial charge in [0.2, 0.25) is 0 Å². The highest BCUT2D eigenvalue weighted by atomic mass is 32.1. The van der Waals surface area contributed by atoms with Gasteiger partial charge in [0, 0.05) is 9.75 Å². The molecule has 1 atom stereocenters. The van der Waals surface area contributed by atoms with Crippen molar-refractivity contribution in [3.63, 3.8) is 0 Å². The molecule has 6 heteroatoms. The summed E-state index contributed by atoms with van der Waals surface area (Å²) in [5.74, 6) is -1.05. The zero-order chi connectivity index (χ0) is 13.0. The first kappa shape index (κ1) is 13.5. The predicted molar refractivity (Wildman–Crippen MR) is 66.3 cm³/mol. The van der Waals surface area contributed by atoms with Gasteiger partial charge in [0.25, 0.3) is 0 Å². The van der Waals surface area contributed by atoms with E-state index >= 15 is 0 Å². The number of carboxylic acids is 1. The summed E-state index contributed by atoms with van der Waals surface area (Å²) in [6.07, 6.45) is 0. The van der Waals surface area contributed by atoms with Crippen molar-refractivity contribution in [2.45, 2.75) is 33.4 Å². The molecule has 1 aromatic rings. The molecular weight excluding hydrogens is 240 g/mol. The number of nitrogens with one attached hydrogen (secondary N) is 2. The molecule has 0 radical (unpaired) electrons. The predicted octanol–water partition coefficient (Wildman–Crippen LogP) is 1.64. The Morgan fingerprint density at radius 2 is 2.12 bits per heavy atom. The van der Waals surface area contributed by atoms with Crippen molar-refractivity contribution in [1.29, 1.82) is 0 Å². The fourth-order valence-electron chi connectivity index (χ4n) is 1.21. The van der Waals surface area contributed by atoms with Crippen LogP contribution in [0.15, 0.2) is 6.07 Å². The lowest BCUT2D eigenvalue weighted by molar-refractivity contribution is -0.138. The van der Waals surface area contributed by atoms with Crippen LogP contribution in [0.1, 0.15) is 22.2 Å². The summed E-state index contributed by atoms with van der Waals surface area (Å²) >= 11 is 1.62. The van der Waals surface area contributed by atoms with Gasteiger partial charge in [-0.3, -0.25) is 4.79 Å². The Bertz CT molecular complexity index is 409. The van der Waals surface area contributed by atoms with Crippen LogP contribution < -0.4 is 10.6 Å². The average Bonchev–Trinajstić information content (AvgIpc) is 2.55. The van der Waals surface area contributed by atoms with Crippen LogP contribution in [0.3, 0.4) is 0 Å². The van der Waals surface area contributed by atoms with E-state index in [0.29, 0.717) is 6.54 Å². The number of carbonyl (C=O) groups excluding carboxylic acids is 1. The second-order valence-corrected chi connectivity index (χ2v) is 5.18. The monoisotopic (exact) mass is 256 g/mol. The molecular formula is C11H16N2O3S. The highest BCUT2D eigenvalue weighted by Crippen LogP contribution is 2.20. The number of aliphatic carboxylic acids is 1. The summed E-state index contributed by atoms with van der Waals surface area (Å²) in [7, 11) is 0. The Labute approximate surface area is 104 Å². The quantitative estimate of drug-likeness (QED) is 0.766. The Hall–Kier alpha value is -1.56. The van der Waals surface area contributed by atoms with Gasteiger partial charge in [0.05, 0.1) is 6.54 Å². The summed E-state index contributed by atoms with van der Waals surface area (Å²) in [4.78, 5) is 24.1. The molecule has 17 heavy (non-hydrogen) atoms. The number of urea groups is 1. The molecule has 0 fully saturated rings. The van der Waals surface area contributed by atoms with E-state index in [-0.39, 0.29) is 0 Å². The molecule has 2 amide bonds. The first-order chi connectivity index (χ1) is 7.90. The fourth-order valence-corrected chi connectivity index (χ4v) is 2.21. The number of hydrogen-bond acceptors (Lipinski definition) is 3. The second-order valence-electron chi connectivity index (χ2n) is 3.84. The van der Waals surface area contributed by atoms with Gasteiger partial charge < -0.3 is 15.7 Å². The second kappa shape index (κ2) is 5.67. The van der Waals surface area contributed by atoms with E-state index in [9.17, 15) is 9.59 Å². The van der Waals surface area contributed by atoms with E-state index in [1.165, 1.54) is 17.4 Å². The van der Waals surface area contributed by atoms with Crippen molar-refractivity contribution < 1.29 is 14.7 Å². The van der Waals surface area contributed by atoms with E-state index in [4.69, 9.17) is 5.11 Å². The van der Waals surface area contributed by atoms with Crippen molar-refractivity contribution in [3.05, 3.63) is 21.4 Å². The van der Waals surface area contributed by atoms with E-state index < -0.39 is 18.0 Å². The Morgan fingerprint density at radius 3 is 2.59 bits per heavy atom. The molecule has 3 N–H and O–H groups in total. The third kappa shape index (κ3) is 4.07. The standard InChI is InChI=1S/C11H16N2O3S/c1-6-4-9(17-8(6)3)5-12-11(16)13-7(2)10(14)15/h4,7H,5H2,1-3H3,(H,14,15)(H2,12,13,16)/t7-/m0/s1. The van der Waals surface area contributed by atoms with Gasteiger partial charge >= 0.3 is 12.0 Å². The van der Waals surface area contributed by atoms with Crippen LogP contribution in [0.2, 0.25) is 0 Å². The van der Waals surface area contributed by atoms with Gasteiger partial charge in [-0.2, -0.15) is 0 Å². The highest BCUT2D eigenvalue weighted by Gasteiger charge is 2.13. The minimum Gasteiger partial charge on any atom is -0.480 e. The van der Waals surface area contributed by atoms with Crippen LogP contribution in [0, 0.1) is 13.8 Å². The lowest BCUT2D eigenvalue weighted by atomic mass is 10.3. The molecule has 1 aromatic heterocycles. The maximum absolute atomic E-state index is 11.3. The van der Waals surface area contributed by atoms with Crippen LogP contribution in [-0.4, -0.2) is 23.1 Å². The van der Waals surface area contributed by atoms with Gasteiger partial charge in [-0.15, -0.1) is 11.3 Å². The molecule has 0 aliphatic carbocycles. The van der Waals surface area contributed by atoms with Crippen LogP contribution in [0.5, 0.6) is 0 Å². The van der Waals surface area contributed by atoms with Crippen molar-refractivity contribution in [1.82, 2.24) is 10.6 Å². The van der Waals surface area contributed by atoms with Gasteiger partial charge in [-0.1, -0.05) is 0 Å². The number of carbonyl (C=O) groups is 2. The Kier molecular flexibility index (Phi) is 4.51. The maximum atomic E-state index is 11.3. The zero-order valence-corrected chi connectivity index (χ0v) is 10.9. The molecule has 1 rings (SSSR count). The lowest BCUT2D eigenvalue weighted by Gasteiger charge is -2.09. The van der Waals surface area contributed by atoms with Crippen molar-refractivity contribution in [2.75, 3.05) is 0 Å².